The van der Waals surface area contributed by atoms with Crippen molar-refractivity contribution in [2.24, 2.45) is 5.41 Å². The summed E-state index contributed by atoms with van der Waals surface area (Å²) in [5.41, 5.74) is 1.20. The molecule has 0 radical (unpaired) electrons. The quantitative estimate of drug-likeness (QED) is 0.865. The Hall–Kier alpha value is -2.04. The topological polar surface area (TPSA) is 52.7 Å². The molecule has 4 rings (SSSR count). The van der Waals surface area contributed by atoms with Crippen molar-refractivity contribution >= 4 is 23.2 Å². The lowest BCUT2D eigenvalue weighted by atomic mass is 10.0. The maximum absolute atomic E-state index is 12.7. The van der Waals surface area contributed by atoms with Gasteiger partial charge in [0.1, 0.15) is 5.41 Å². The standard InChI is InChI=1S/C19H25N3O2/c23-17(19(9-10-19)18(24)22-13-3-4-14-22)20-15-5-7-16(8-6-15)21-11-1-2-12-21/h5-8H,1-4,9-14H2,(H,20,23). The maximum Gasteiger partial charge on any atom is 0.240 e. The van der Waals surface area contributed by atoms with E-state index in [0.717, 1.165) is 44.7 Å². The fourth-order valence-corrected chi connectivity index (χ4v) is 3.87. The maximum atomic E-state index is 12.7. The number of likely N-dealkylation sites (tertiary alicyclic amines) is 1. The van der Waals surface area contributed by atoms with Crippen molar-refractivity contribution in [3.05, 3.63) is 24.3 Å². The molecule has 0 atom stereocenters. The Balaban J connectivity index is 1.41. The second kappa shape index (κ2) is 6.11. The largest absolute Gasteiger partial charge is 0.372 e. The van der Waals surface area contributed by atoms with E-state index >= 15 is 0 Å². The minimum Gasteiger partial charge on any atom is -0.372 e. The molecule has 1 saturated carbocycles. The number of nitrogens with one attached hydrogen (secondary N) is 1. The van der Waals surface area contributed by atoms with E-state index in [1.165, 1.54) is 18.5 Å². The normalized spacial score (nSPS) is 21.8. The van der Waals surface area contributed by atoms with E-state index in [1.54, 1.807) is 0 Å². The smallest absolute Gasteiger partial charge is 0.240 e. The minimum absolute atomic E-state index is 0.0335. The van der Waals surface area contributed by atoms with Crippen LogP contribution < -0.4 is 10.2 Å². The lowest BCUT2D eigenvalue weighted by Crippen LogP contribution is -2.41. The summed E-state index contributed by atoms with van der Waals surface area (Å²) in [6, 6.07) is 8.01. The molecule has 1 aromatic rings. The first kappa shape index (κ1) is 15.5. The fraction of sp³-hybridized carbons (Fsp3) is 0.579. The zero-order valence-corrected chi connectivity index (χ0v) is 14.1. The van der Waals surface area contributed by atoms with Crippen LogP contribution in [0.15, 0.2) is 24.3 Å². The number of hydrogen-bond donors (Lipinski definition) is 1. The highest BCUT2D eigenvalue weighted by Crippen LogP contribution is 2.48. The Labute approximate surface area is 143 Å². The molecule has 2 saturated heterocycles. The van der Waals surface area contributed by atoms with Crippen LogP contribution >= 0.6 is 0 Å². The Morgan fingerprint density at radius 3 is 2.04 bits per heavy atom. The van der Waals surface area contributed by atoms with E-state index < -0.39 is 5.41 Å². The molecular weight excluding hydrogens is 302 g/mol. The summed E-state index contributed by atoms with van der Waals surface area (Å²) in [4.78, 5) is 29.5. The molecule has 2 amide bonds. The van der Waals surface area contributed by atoms with Gasteiger partial charge in [0.05, 0.1) is 0 Å². The van der Waals surface area contributed by atoms with Crippen LogP contribution in [0, 0.1) is 5.41 Å². The van der Waals surface area contributed by atoms with Crippen LogP contribution in [-0.4, -0.2) is 42.9 Å². The van der Waals surface area contributed by atoms with Crippen LogP contribution in [0.3, 0.4) is 0 Å². The molecule has 2 heterocycles. The van der Waals surface area contributed by atoms with Crippen LogP contribution in [0.2, 0.25) is 0 Å². The van der Waals surface area contributed by atoms with Crippen molar-refractivity contribution in [3.8, 4) is 0 Å². The van der Waals surface area contributed by atoms with Crippen molar-refractivity contribution in [3.63, 3.8) is 0 Å². The van der Waals surface area contributed by atoms with Crippen LogP contribution in [0.1, 0.15) is 38.5 Å². The highest BCUT2D eigenvalue weighted by atomic mass is 16.2. The lowest BCUT2D eigenvalue weighted by Gasteiger charge is -2.22. The first-order chi connectivity index (χ1) is 11.7. The number of benzene rings is 1. The van der Waals surface area contributed by atoms with E-state index in [-0.39, 0.29) is 11.8 Å². The SMILES string of the molecule is O=C(Nc1ccc(N2CCCC2)cc1)C1(C(=O)N2CCCC2)CC1. The zero-order valence-electron chi connectivity index (χ0n) is 14.1. The molecule has 128 valence electrons. The Morgan fingerprint density at radius 2 is 1.46 bits per heavy atom. The van der Waals surface area contributed by atoms with E-state index in [9.17, 15) is 9.59 Å². The van der Waals surface area contributed by atoms with Gasteiger partial charge < -0.3 is 15.1 Å². The molecular formula is C19H25N3O2. The van der Waals surface area contributed by atoms with Gasteiger partial charge in [-0.2, -0.15) is 0 Å². The van der Waals surface area contributed by atoms with Gasteiger partial charge in [0, 0.05) is 37.6 Å². The molecule has 1 aliphatic carbocycles. The van der Waals surface area contributed by atoms with Crippen LogP contribution in [0.5, 0.6) is 0 Å². The molecule has 3 aliphatic rings. The summed E-state index contributed by atoms with van der Waals surface area (Å²) in [5.74, 6) is -0.0977. The van der Waals surface area contributed by atoms with Crippen molar-refractivity contribution in [1.82, 2.24) is 4.90 Å². The van der Waals surface area contributed by atoms with E-state index in [0.29, 0.717) is 12.8 Å². The number of rotatable bonds is 4. The van der Waals surface area contributed by atoms with Gasteiger partial charge in [-0.05, 0) is 62.8 Å². The first-order valence-corrected chi connectivity index (χ1v) is 9.15. The van der Waals surface area contributed by atoms with E-state index in [4.69, 9.17) is 0 Å². The number of carbonyl (C=O) groups is 2. The third-order valence-electron chi connectivity index (χ3n) is 5.58. The summed E-state index contributed by atoms with van der Waals surface area (Å²) in [5, 5.41) is 2.96. The van der Waals surface area contributed by atoms with Crippen molar-refractivity contribution in [2.45, 2.75) is 38.5 Å². The molecule has 0 unspecified atom stereocenters. The van der Waals surface area contributed by atoms with Crippen molar-refractivity contribution < 1.29 is 9.59 Å². The third-order valence-corrected chi connectivity index (χ3v) is 5.58. The average Bonchev–Trinajstić information content (AvgIpc) is 3.03. The third kappa shape index (κ3) is 2.76. The van der Waals surface area contributed by atoms with E-state index in [2.05, 4.69) is 22.3 Å². The van der Waals surface area contributed by atoms with Crippen LogP contribution in [0.4, 0.5) is 11.4 Å². The molecule has 0 spiro atoms. The predicted octanol–water partition coefficient (Wildman–Crippen LogP) is 2.63. The number of hydrogen-bond acceptors (Lipinski definition) is 3. The van der Waals surface area contributed by atoms with Gasteiger partial charge in [-0.3, -0.25) is 9.59 Å². The van der Waals surface area contributed by atoms with Gasteiger partial charge in [-0.1, -0.05) is 0 Å². The molecule has 0 aromatic heterocycles. The summed E-state index contributed by atoms with van der Waals surface area (Å²) in [6.07, 6.45) is 5.97. The number of anilines is 2. The molecule has 5 nitrogen and oxygen atoms in total. The first-order valence-electron chi connectivity index (χ1n) is 9.15. The molecule has 1 aromatic carbocycles. The molecule has 0 bridgehead atoms. The number of amides is 2. The zero-order chi connectivity index (χ0) is 16.6. The highest BCUT2D eigenvalue weighted by molar-refractivity contribution is 6.13. The van der Waals surface area contributed by atoms with E-state index in [1.807, 2.05) is 17.0 Å². The predicted molar refractivity (Wildman–Crippen MR) is 94.0 cm³/mol. The molecule has 5 heteroatoms. The van der Waals surface area contributed by atoms with Gasteiger partial charge >= 0.3 is 0 Å². The van der Waals surface area contributed by atoms with Gasteiger partial charge in [-0.25, -0.2) is 0 Å². The Morgan fingerprint density at radius 1 is 0.875 bits per heavy atom. The van der Waals surface area contributed by atoms with Crippen LogP contribution in [-0.2, 0) is 9.59 Å². The molecule has 3 fully saturated rings. The van der Waals surface area contributed by atoms with Gasteiger partial charge in [0.2, 0.25) is 11.8 Å². The summed E-state index contributed by atoms with van der Waals surface area (Å²) in [7, 11) is 0. The summed E-state index contributed by atoms with van der Waals surface area (Å²) < 4.78 is 0. The second-order valence-electron chi connectivity index (χ2n) is 7.28. The van der Waals surface area contributed by atoms with Crippen molar-refractivity contribution in [1.29, 1.82) is 0 Å². The summed E-state index contributed by atoms with van der Waals surface area (Å²) in [6.45, 7) is 3.83. The number of nitrogens with zero attached hydrogens (tertiary/aromatic N) is 2. The van der Waals surface area contributed by atoms with Gasteiger partial charge in [0.25, 0.3) is 0 Å². The van der Waals surface area contributed by atoms with Gasteiger partial charge in [-0.15, -0.1) is 0 Å². The summed E-state index contributed by atoms with van der Waals surface area (Å²) >= 11 is 0. The lowest BCUT2D eigenvalue weighted by molar-refractivity contribution is -0.141. The number of carbonyl (C=O) groups excluding carboxylic acids is 2. The fourth-order valence-electron chi connectivity index (χ4n) is 3.87. The van der Waals surface area contributed by atoms with Crippen LogP contribution in [0.25, 0.3) is 0 Å². The second-order valence-corrected chi connectivity index (χ2v) is 7.28. The molecule has 24 heavy (non-hydrogen) atoms. The molecule has 2 aliphatic heterocycles. The average molecular weight is 327 g/mol. The Kier molecular flexibility index (Phi) is 3.94. The van der Waals surface area contributed by atoms with Gasteiger partial charge in [0.15, 0.2) is 0 Å². The monoisotopic (exact) mass is 327 g/mol. The highest BCUT2D eigenvalue weighted by Gasteiger charge is 2.58. The molecule has 1 N–H and O–H groups in total. The Bertz CT molecular complexity index is 625. The minimum atomic E-state index is -0.794. The van der Waals surface area contributed by atoms with Crippen molar-refractivity contribution in [2.75, 3.05) is 36.4 Å².